The largest absolute Gasteiger partial charge is 0.430 e. The minimum Gasteiger partial charge on any atom is -0.430 e. The molecule has 0 spiro atoms. The molecule has 0 atom stereocenters. The van der Waals surface area contributed by atoms with Crippen molar-refractivity contribution in [1.29, 1.82) is 0 Å². The highest BCUT2D eigenvalue weighted by molar-refractivity contribution is 9.10. The fourth-order valence-electron chi connectivity index (χ4n) is 1.61. The number of hydrogen-bond donors (Lipinski definition) is 0. The van der Waals surface area contributed by atoms with Gasteiger partial charge >= 0.3 is 5.69 Å². The SMILES string of the molecule is CCc1nc(Cl)c(C)c(Oc2c(Br)cccc2[N+](=O)[O-])n1. The fourth-order valence-corrected chi connectivity index (χ4v) is 2.22. The van der Waals surface area contributed by atoms with Crippen LogP contribution in [0, 0.1) is 17.0 Å². The van der Waals surface area contributed by atoms with Crippen LogP contribution in [0.5, 0.6) is 11.6 Å². The van der Waals surface area contributed by atoms with E-state index in [0.29, 0.717) is 22.3 Å². The van der Waals surface area contributed by atoms with Crippen molar-refractivity contribution in [2.45, 2.75) is 20.3 Å². The first kappa shape index (κ1) is 15.7. The molecular formula is C13H11BrClN3O3. The second kappa shape index (κ2) is 6.36. The highest BCUT2D eigenvalue weighted by Crippen LogP contribution is 2.38. The number of hydrogen-bond acceptors (Lipinski definition) is 5. The number of nitro groups is 1. The number of ether oxygens (including phenoxy) is 1. The molecule has 0 fully saturated rings. The molecule has 0 N–H and O–H groups in total. The Hall–Kier alpha value is -1.73. The molecule has 1 aromatic heterocycles. The molecule has 21 heavy (non-hydrogen) atoms. The van der Waals surface area contributed by atoms with Crippen LogP contribution in [0.1, 0.15) is 18.3 Å². The maximum Gasteiger partial charge on any atom is 0.312 e. The van der Waals surface area contributed by atoms with Gasteiger partial charge in [0.2, 0.25) is 11.6 Å². The zero-order chi connectivity index (χ0) is 15.6. The molecular weight excluding hydrogens is 362 g/mol. The van der Waals surface area contributed by atoms with Crippen LogP contribution in [0.15, 0.2) is 22.7 Å². The molecule has 0 aliphatic heterocycles. The van der Waals surface area contributed by atoms with Crippen LogP contribution in [-0.2, 0) is 6.42 Å². The molecule has 0 aliphatic rings. The van der Waals surface area contributed by atoms with Crippen molar-refractivity contribution in [3.05, 3.63) is 49.3 Å². The second-order valence-corrected chi connectivity index (χ2v) is 5.37. The van der Waals surface area contributed by atoms with E-state index in [2.05, 4.69) is 25.9 Å². The summed E-state index contributed by atoms with van der Waals surface area (Å²) in [5, 5.41) is 11.4. The molecule has 0 amide bonds. The van der Waals surface area contributed by atoms with E-state index >= 15 is 0 Å². The minimum atomic E-state index is -0.515. The van der Waals surface area contributed by atoms with Gasteiger partial charge in [0.15, 0.2) is 0 Å². The van der Waals surface area contributed by atoms with Crippen LogP contribution < -0.4 is 4.74 Å². The lowest BCUT2D eigenvalue weighted by Crippen LogP contribution is -2.02. The summed E-state index contributed by atoms with van der Waals surface area (Å²) in [5.41, 5.74) is 0.371. The molecule has 110 valence electrons. The molecule has 1 heterocycles. The lowest BCUT2D eigenvalue weighted by Gasteiger charge is -2.11. The topological polar surface area (TPSA) is 78.2 Å². The van der Waals surface area contributed by atoms with Crippen molar-refractivity contribution in [2.24, 2.45) is 0 Å². The average molecular weight is 373 g/mol. The van der Waals surface area contributed by atoms with Crippen molar-refractivity contribution in [2.75, 3.05) is 0 Å². The number of nitrogens with zero attached hydrogens (tertiary/aromatic N) is 3. The normalized spacial score (nSPS) is 10.5. The van der Waals surface area contributed by atoms with Gasteiger partial charge in [0.25, 0.3) is 0 Å². The Morgan fingerprint density at radius 3 is 2.76 bits per heavy atom. The Kier molecular flexibility index (Phi) is 4.74. The number of aromatic nitrogens is 2. The van der Waals surface area contributed by atoms with Gasteiger partial charge in [-0.3, -0.25) is 10.1 Å². The van der Waals surface area contributed by atoms with E-state index < -0.39 is 4.92 Å². The number of rotatable bonds is 4. The number of benzene rings is 1. The average Bonchev–Trinajstić information content (AvgIpc) is 2.45. The van der Waals surface area contributed by atoms with E-state index in [1.807, 2.05) is 6.92 Å². The lowest BCUT2D eigenvalue weighted by atomic mass is 10.3. The predicted octanol–water partition coefficient (Wildman–Crippen LogP) is 4.46. The van der Waals surface area contributed by atoms with Gasteiger partial charge in [-0.25, -0.2) is 4.98 Å². The van der Waals surface area contributed by atoms with Gasteiger partial charge in [0, 0.05) is 18.1 Å². The Labute approximate surface area is 134 Å². The van der Waals surface area contributed by atoms with Gasteiger partial charge in [0.1, 0.15) is 11.0 Å². The molecule has 0 bridgehead atoms. The molecule has 1 aromatic carbocycles. The Bertz CT molecular complexity index is 709. The Morgan fingerprint density at radius 1 is 1.43 bits per heavy atom. The standard InChI is InChI=1S/C13H11BrClN3O3/c1-3-10-16-12(15)7(2)13(17-10)21-11-8(14)5-4-6-9(11)18(19)20/h4-6H,3H2,1-2H3. The third-order valence-corrected chi connectivity index (χ3v) is 3.74. The summed E-state index contributed by atoms with van der Waals surface area (Å²) in [7, 11) is 0. The number of nitro benzene ring substituents is 1. The van der Waals surface area contributed by atoms with E-state index in [1.54, 1.807) is 19.1 Å². The maximum absolute atomic E-state index is 11.1. The van der Waals surface area contributed by atoms with Gasteiger partial charge in [0.05, 0.1) is 9.40 Å². The van der Waals surface area contributed by atoms with Gasteiger partial charge in [-0.2, -0.15) is 4.98 Å². The molecule has 6 nitrogen and oxygen atoms in total. The van der Waals surface area contributed by atoms with E-state index in [4.69, 9.17) is 16.3 Å². The van der Waals surface area contributed by atoms with Gasteiger partial charge in [-0.15, -0.1) is 0 Å². The Balaban J connectivity index is 2.53. The molecule has 0 radical (unpaired) electrons. The van der Waals surface area contributed by atoms with Crippen molar-refractivity contribution < 1.29 is 9.66 Å². The van der Waals surface area contributed by atoms with Crippen LogP contribution in [-0.4, -0.2) is 14.9 Å². The highest BCUT2D eigenvalue weighted by atomic mass is 79.9. The van der Waals surface area contributed by atoms with Crippen molar-refractivity contribution in [3.63, 3.8) is 0 Å². The third kappa shape index (κ3) is 3.30. The lowest BCUT2D eigenvalue weighted by molar-refractivity contribution is -0.385. The smallest absolute Gasteiger partial charge is 0.312 e. The summed E-state index contributed by atoms with van der Waals surface area (Å²) in [6, 6.07) is 4.58. The zero-order valence-electron chi connectivity index (χ0n) is 11.3. The van der Waals surface area contributed by atoms with Crippen molar-refractivity contribution >= 4 is 33.2 Å². The van der Waals surface area contributed by atoms with Crippen molar-refractivity contribution in [1.82, 2.24) is 9.97 Å². The predicted molar refractivity (Wildman–Crippen MR) is 82.0 cm³/mol. The summed E-state index contributed by atoms with van der Waals surface area (Å²) in [4.78, 5) is 18.9. The molecule has 0 unspecified atom stereocenters. The van der Waals surface area contributed by atoms with E-state index in [1.165, 1.54) is 6.07 Å². The number of halogens is 2. The molecule has 0 saturated heterocycles. The van der Waals surface area contributed by atoms with Gasteiger partial charge in [-0.1, -0.05) is 24.6 Å². The summed E-state index contributed by atoms with van der Waals surface area (Å²) >= 11 is 9.28. The van der Waals surface area contributed by atoms with E-state index in [-0.39, 0.29) is 22.5 Å². The van der Waals surface area contributed by atoms with Crippen LogP contribution in [0.3, 0.4) is 0 Å². The number of aryl methyl sites for hydroxylation is 1. The van der Waals surface area contributed by atoms with Crippen LogP contribution in [0.25, 0.3) is 0 Å². The van der Waals surface area contributed by atoms with Crippen LogP contribution in [0.2, 0.25) is 5.15 Å². The highest BCUT2D eigenvalue weighted by Gasteiger charge is 2.21. The van der Waals surface area contributed by atoms with Crippen LogP contribution >= 0.6 is 27.5 Å². The first-order valence-electron chi connectivity index (χ1n) is 6.07. The fraction of sp³-hybridized carbons (Fsp3) is 0.231. The third-order valence-electron chi connectivity index (χ3n) is 2.75. The number of para-hydroxylation sites is 1. The summed E-state index contributed by atoms with van der Waals surface area (Å²) in [6.45, 7) is 3.57. The van der Waals surface area contributed by atoms with Crippen LogP contribution in [0.4, 0.5) is 5.69 Å². The molecule has 2 rings (SSSR count). The molecule has 0 saturated carbocycles. The first-order chi connectivity index (χ1) is 9.93. The van der Waals surface area contributed by atoms with Gasteiger partial charge < -0.3 is 4.74 Å². The quantitative estimate of drug-likeness (QED) is 0.449. The first-order valence-corrected chi connectivity index (χ1v) is 7.25. The Morgan fingerprint density at radius 2 is 2.14 bits per heavy atom. The van der Waals surface area contributed by atoms with E-state index in [0.717, 1.165) is 0 Å². The maximum atomic E-state index is 11.1. The monoisotopic (exact) mass is 371 g/mol. The van der Waals surface area contributed by atoms with E-state index in [9.17, 15) is 10.1 Å². The molecule has 0 aliphatic carbocycles. The summed E-state index contributed by atoms with van der Waals surface area (Å²) in [5.74, 6) is 0.805. The second-order valence-electron chi connectivity index (χ2n) is 4.16. The minimum absolute atomic E-state index is 0.0856. The van der Waals surface area contributed by atoms with Gasteiger partial charge in [-0.05, 0) is 28.9 Å². The summed E-state index contributed by atoms with van der Waals surface area (Å²) in [6.07, 6.45) is 0.578. The summed E-state index contributed by atoms with van der Waals surface area (Å²) < 4.78 is 6.09. The molecule has 8 heteroatoms. The molecule has 2 aromatic rings. The van der Waals surface area contributed by atoms with Crippen molar-refractivity contribution in [3.8, 4) is 11.6 Å². The zero-order valence-corrected chi connectivity index (χ0v) is 13.6.